The van der Waals surface area contributed by atoms with Crippen LogP contribution in [0.1, 0.15) is 5.56 Å². The minimum absolute atomic E-state index is 0.985. The Morgan fingerprint density at radius 3 is 2.28 bits per heavy atom. The second kappa shape index (κ2) is 6.73. The van der Waals surface area contributed by atoms with Gasteiger partial charge >= 0.3 is 0 Å². The van der Waals surface area contributed by atoms with Gasteiger partial charge in [-0.25, -0.2) is 0 Å². The Kier molecular flexibility index (Phi) is 4.28. The number of hydrazone groups is 1. The van der Waals surface area contributed by atoms with Crippen LogP contribution in [-0.4, -0.2) is 53.9 Å². The quantitative estimate of drug-likeness (QED) is 0.686. The molecule has 4 heteroatoms. The summed E-state index contributed by atoms with van der Waals surface area (Å²) in [5.74, 6) is 0. The molecule has 3 aromatic rings. The summed E-state index contributed by atoms with van der Waals surface area (Å²) in [4.78, 5) is 2.35. The highest BCUT2D eigenvalue weighted by Gasteiger charge is 2.16. The second-order valence-corrected chi connectivity index (χ2v) is 6.71. The van der Waals surface area contributed by atoms with Crippen LogP contribution in [0, 0.1) is 0 Å². The van der Waals surface area contributed by atoms with E-state index in [0.717, 1.165) is 26.2 Å². The maximum Gasteiger partial charge on any atom is 0.0578 e. The average Bonchev–Trinajstić information content (AvgIpc) is 2.94. The largest absolute Gasteiger partial charge is 0.343 e. The summed E-state index contributed by atoms with van der Waals surface area (Å²) in [6.07, 6.45) is 2.05. The lowest BCUT2D eigenvalue weighted by molar-refractivity contribution is 0.159. The van der Waals surface area contributed by atoms with Crippen molar-refractivity contribution >= 4 is 17.1 Å². The monoisotopic (exact) mass is 332 g/mol. The maximum absolute atomic E-state index is 4.81. The topological polar surface area (TPSA) is 23.8 Å². The molecule has 0 unspecified atom stereocenters. The smallest absolute Gasteiger partial charge is 0.0578 e. The van der Waals surface area contributed by atoms with Gasteiger partial charge in [0.2, 0.25) is 0 Å². The summed E-state index contributed by atoms with van der Waals surface area (Å²) < 4.78 is 2.27. The van der Waals surface area contributed by atoms with Gasteiger partial charge in [-0.3, -0.25) is 5.01 Å². The zero-order valence-corrected chi connectivity index (χ0v) is 14.9. The van der Waals surface area contributed by atoms with Crippen molar-refractivity contribution in [2.45, 2.75) is 0 Å². The van der Waals surface area contributed by atoms with E-state index in [4.69, 9.17) is 5.10 Å². The van der Waals surface area contributed by atoms with E-state index in [1.165, 1.54) is 27.7 Å². The van der Waals surface area contributed by atoms with E-state index in [1.54, 1.807) is 0 Å². The minimum Gasteiger partial charge on any atom is -0.343 e. The number of nitrogens with zero attached hydrogens (tertiary/aromatic N) is 4. The van der Waals surface area contributed by atoms with Gasteiger partial charge in [0.15, 0.2) is 0 Å². The highest BCUT2D eigenvalue weighted by atomic mass is 15.5. The molecule has 128 valence electrons. The van der Waals surface area contributed by atoms with Crippen LogP contribution >= 0.6 is 0 Å². The number of piperazine rings is 1. The number of benzene rings is 2. The van der Waals surface area contributed by atoms with Crippen molar-refractivity contribution in [2.24, 2.45) is 12.1 Å². The molecule has 1 aliphatic heterocycles. The fourth-order valence-electron chi connectivity index (χ4n) is 3.55. The number of rotatable bonds is 3. The van der Waals surface area contributed by atoms with E-state index < -0.39 is 0 Å². The van der Waals surface area contributed by atoms with Crippen LogP contribution in [0.2, 0.25) is 0 Å². The summed E-state index contributed by atoms with van der Waals surface area (Å²) in [5, 5.41) is 8.23. The molecule has 1 aromatic heterocycles. The summed E-state index contributed by atoms with van der Waals surface area (Å²) in [5.41, 5.74) is 4.88. The van der Waals surface area contributed by atoms with E-state index in [9.17, 15) is 0 Å². The van der Waals surface area contributed by atoms with Gasteiger partial charge in [0.25, 0.3) is 0 Å². The van der Waals surface area contributed by atoms with Crippen molar-refractivity contribution in [3.8, 4) is 11.3 Å². The molecule has 0 atom stereocenters. The normalized spacial score (nSPS) is 16.2. The van der Waals surface area contributed by atoms with Crippen molar-refractivity contribution < 1.29 is 0 Å². The van der Waals surface area contributed by atoms with Gasteiger partial charge in [-0.15, -0.1) is 0 Å². The van der Waals surface area contributed by atoms with E-state index in [2.05, 4.69) is 89.4 Å². The number of para-hydroxylation sites is 1. The SMILES string of the molecule is CN1CCN(/N=C\c2c(-c3ccccc3)n(C)c3ccccc23)CC1. The van der Waals surface area contributed by atoms with Crippen LogP contribution in [-0.2, 0) is 7.05 Å². The molecule has 0 aliphatic carbocycles. The molecule has 0 radical (unpaired) electrons. The van der Waals surface area contributed by atoms with Gasteiger partial charge in [-0.05, 0) is 18.7 Å². The second-order valence-electron chi connectivity index (χ2n) is 6.71. The minimum atomic E-state index is 0.985. The first-order valence-corrected chi connectivity index (χ1v) is 8.84. The first kappa shape index (κ1) is 15.9. The van der Waals surface area contributed by atoms with Gasteiger partial charge in [-0.2, -0.15) is 5.10 Å². The van der Waals surface area contributed by atoms with Crippen LogP contribution in [0.4, 0.5) is 0 Å². The predicted molar refractivity (Wildman–Crippen MR) is 105 cm³/mol. The number of hydrogen-bond acceptors (Lipinski definition) is 3. The molecule has 0 amide bonds. The molecule has 0 N–H and O–H groups in total. The highest BCUT2D eigenvalue weighted by molar-refractivity contribution is 6.06. The van der Waals surface area contributed by atoms with Crippen molar-refractivity contribution in [1.82, 2.24) is 14.5 Å². The average molecular weight is 332 g/mol. The van der Waals surface area contributed by atoms with Crippen molar-refractivity contribution in [3.63, 3.8) is 0 Å². The standard InChI is InChI=1S/C21H24N4/c1-23-12-14-25(15-13-23)22-16-19-18-10-6-7-11-20(18)24(2)21(19)17-8-4-3-5-9-17/h3-11,16H,12-15H2,1-2H3/b22-16-. The molecule has 1 fully saturated rings. The lowest BCUT2D eigenvalue weighted by Gasteiger charge is -2.30. The number of hydrogen-bond donors (Lipinski definition) is 0. The van der Waals surface area contributed by atoms with Crippen LogP contribution in [0.5, 0.6) is 0 Å². The molecule has 0 bridgehead atoms. The molecular weight excluding hydrogens is 308 g/mol. The Balaban J connectivity index is 1.79. The number of aromatic nitrogens is 1. The Morgan fingerprint density at radius 2 is 1.52 bits per heavy atom. The van der Waals surface area contributed by atoms with Crippen molar-refractivity contribution in [3.05, 3.63) is 60.2 Å². The summed E-state index contributed by atoms with van der Waals surface area (Å²) in [7, 11) is 4.30. The molecule has 0 spiro atoms. The van der Waals surface area contributed by atoms with Crippen LogP contribution in [0.15, 0.2) is 59.7 Å². The van der Waals surface area contributed by atoms with Crippen LogP contribution in [0.25, 0.3) is 22.2 Å². The molecule has 4 rings (SSSR count). The number of likely N-dealkylation sites (N-methyl/N-ethyl adjacent to an activating group) is 1. The Morgan fingerprint density at radius 1 is 0.840 bits per heavy atom. The van der Waals surface area contributed by atoms with E-state index >= 15 is 0 Å². The van der Waals surface area contributed by atoms with E-state index in [-0.39, 0.29) is 0 Å². The van der Waals surface area contributed by atoms with E-state index in [0.29, 0.717) is 0 Å². The Hall–Kier alpha value is -2.59. The Labute approximate surface area is 149 Å². The summed E-state index contributed by atoms with van der Waals surface area (Å²) >= 11 is 0. The molecule has 4 nitrogen and oxygen atoms in total. The van der Waals surface area contributed by atoms with Gasteiger partial charge in [0.1, 0.15) is 0 Å². The number of aryl methyl sites for hydroxylation is 1. The van der Waals surface area contributed by atoms with Crippen LogP contribution < -0.4 is 0 Å². The molecule has 0 saturated carbocycles. The maximum atomic E-state index is 4.81. The zero-order chi connectivity index (χ0) is 17.2. The predicted octanol–water partition coefficient (Wildman–Crippen LogP) is 3.43. The molecule has 25 heavy (non-hydrogen) atoms. The fourth-order valence-corrected chi connectivity index (χ4v) is 3.55. The molecular formula is C21H24N4. The lowest BCUT2D eigenvalue weighted by Crippen LogP contribution is -2.41. The third-order valence-electron chi connectivity index (χ3n) is 5.02. The van der Waals surface area contributed by atoms with Gasteiger partial charge in [0.05, 0.1) is 11.9 Å². The molecule has 2 aromatic carbocycles. The zero-order valence-electron chi connectivity index (χ0n) is 14.9. The molecule has 1 aliphatic rings. The van der Waals surface area contributed by atoms with Crippen molar-refractivity contribution in [1.29, 1.82) is 0 Å². The van der Waals surface area contributed by atoms with Crippen LogP contribution in [0.3, 0.4) is 0 Å². The highest BCUT2D eigenvalue weighted by Crippen LogP contribution is 2.31. The van der Waals surface area contributed by atoms with Gasteiger partial charge in [-0.1, -0.05) is 48.5 Å². The molecule has 2 heterocycles. The summed E-state index contributed by atoms with van der Waals surface area (Å²) in [6.45, 7) is 4.10. The van der Waals surface area contributed by atoms with Gasteiger partial charge in [0, 0.05) is 49.7 Å². The third-order valence-corrected chi connectivity index (χ3v) is 5.02. The van der Waals surface area contributed by atoms with Crippen molar-refractivity contribution in [2.75, 3.05) is 33.2 Å². The Bertz CT molecular complexity index is 887. The fraction of sp³-hybridized carbons (Fsp3) is 0.286. The number of fused-ring (bicyclic) bond motifs is 1. The summed E-state index contributed by atoms with van der Waals surface area (Å²) in [6, 6.07) is 19.1. The first-order chi connectivity index (χ1) is 12.2. The van der Waals surface area contributed by atoms with E-state index in [1.807, 2.05) is 0 Å². The lowest BCUT2D eigenvalue weighted by atomic mass is 10.1. The third kappa shape index (κ3) is 3.05. The molecule has 1 saturated heterocycles. The first-order valence-electron chi connectivity index (χ1n) is 8.84. The van der Waals surface area contributed by atoms with Gasteiger partial charge < -0.3 is 9.47 Å².